The van der Waals surface area contributed by atoms with Crippen LogP contribution in [0.3, 0.4) is 0 Å². The minimum Gasteiger partial charge on any atom is -0.327 e. The van der Waals surface area contributed by atoms with E-state index >= 15 is 0 Å². The first-order valence-electron chi connectivity index (χ1n) is 6.95. The Kier molecular flexibility index (Phi) is 6.28. The number of rotatable bonds is 7. The van der Waals surface area contributed by atoms with Crippen molar-refractivity contribution in [3.05, 3.63) is 34.9 Å². The third-order valence-electron chi connectivity index (χ3n) is 3.54. The molecule has 1 rings (SSSR count). The average molecular weight is 233 g/mol. The predicted molar refractivity (Wildman–Crippen MR) is 76.4 cm³/mol. The van der Waals surface area contributed by atoms with E-state index in [1.165, 1.54) is 42.4 Å². The van der Waals surface area contributed by atoms with Gasteiger partial charge in [0.25, 0.3) is 0 Å². The molecule has 0 amide bonds. The first-order chi connectivity index (χ1) is 8.15. The molecule has 0 spiro atoms. The van der Waals surface area contributed by atoms with Crippen molar-refractivity contribution in [2.45, 2.75) is 65.3 Å². The van der Waals surface area contributed by atoms with E-state index in [4.69, 9.17) is 5.73 Å². The second kappa shape index (κ2) is 7.50. The van der Waals surface area contributed by atoms with Crippen LogP contribution in [0.4, 0.5) is 0 Å². The van der Waals surface area contributed by atoms with Gasteiger partial charge in [-0.15, -0.1) is 0 Å². The molecule has 0 aliphatic carbocycles. The molecule has 0 radical (unpaired) electrons. The van der Waals surface area contributed by atoms with Crippen LogP contribution in [-0.2, 0) is 6.42 Å². The molecule has 1 nitrogen and oxygen atoms in total. The molecular formula is C16H27N. The quantitative estimate of drug-likeness (QED) is 0.704. The van der Waals surface area contributed by atoms with Crippen LogP contribution in [0, 0.1) is 13.8 Å². The van der Waals surface area contributed by atoms with Gasteiger partial charge in [-0.1, -0.05) is 50.8 Å². The molecule has 0 bridgehead atoms. The maximum absolute atomic E-state index is 6.23. The molecule has 2 N–H and O–H groups in total. The topological polar surface area (TPSA) is 26.0 Å². The SMILES string of the molecule is CCCCCCC(N)Cc1c(C)cccc1C. The van der Waals surface area contributed by atoms with Crippen molar-refractivity contribution in [3.63, 3.8) is 0 Å². The molecule has 0 heterocycles. The van der Waals surface area contributed by atoms with Crippen LogP contribution in [0.2, 0.25) is 0 Å². The lowest BCUT2D eigenvalue weighted by Gasteiger charge is -2.15. The fraction of sp³-hybridized carbons (Fsp3) is 0.625. The minimum absolute atomic E-state index is 0.326. The van der Waals surface area contributed by atoms with Crippen LogP contribution in [-0.4, -0.2) is 6.04 Å². The Morgan fingerprint density at radius 2 is 1.71 bits per heavy atom. The third-order valence-corrected chi connectivity index (χ3v) is 3.54. The maximum atomic E-state index is 6.23. The molecule has 0 aliphatic heterocycles. The van der Waals surface area contributed by atoms with Crippen molar-refractivity contribution in [3.8, 4) is 0 Å². The van der Waals surface area contributed by atoms with Crippen LogP contribution in [0.25, 0.3) is 0 Å². The molecule has 1 heteroatoms. The normalized spacial score (nSPS) is 12.7. The second-order valence-corrected chi connectivity index (χ2v) is 5.18. The Morgan fingerprint density at radius 3 is 2.29 bits per heavy atom. The van der Waals surface area contributed by atoms with Gasteiger partial charge in [0, 0.05) is 6.04 Å². The smallest absolute Gasteiger partial charge is 0.00795 e. The molecule has 0 saturated carbocycles. The Bertz CT molecular complexity index is 310. The highest BCUT2D eigenvalue weighted by atomic mass is 14.6. The Hall–Kier alpha value is -0.820. The van der Waals surface area contributed by atoms with E-state index in [9.17, 15) is 0 Å². The van der Waals surface area contributed by atoms with Gasteiger partial charge in [-0.2, -0.15) is 0 Å². The highest BCUT2D eigenvalue weighted by Gasteiger charge is 2.08. The number of aryl methyl sites for hydroxylation is 2. The summed E-state index contributed by atoms with van der Waals surface area (Å²) in [5.41, 5.74) is 10.4. The molecule has 1 aromatic carbocycles. The third kappa shape index (κ3) is 4.91. The molecule has 0 aromatic heterocycles. The predicted octanol–water partition coefficient (Wildman–Crippen LogP) is 4.14. The van der Waals surface area contributed by atoms with Gasteiger partial charge < -0.3 is 5.73 Å². The molecule has 0 fully saturated rings. The van der Waals surface area contributed by atoms with Crippen molar-refractivity contribution < 1.29 is 0 Å². The van der Waals surface area contributed by atoms with E-state index in [-0.39, 0.29) is 0 Å². The van der Waals surface area contributed by atoms with Gasteiger partial charge in [0.2, 0.25) is 0 Å². The molecule has 0 saturated heterocycles. The van der Waals surface area contributed by atoms with E-state index in [2.05, 4.69) is 39.0 Å². The van der Waals surface area contributed by atoms with Crippen LogP contribution in [0.1, 0.15) is 55.7 Å². The monoisotopic (exact) mass is 233 g/mol. The van der Waals surface area contributed by atoms with E-state index in [1.54, 1.807) is 0 Å². The van der Waals surface area contributed by atoms with Crippen molar-refractivity contribution in [2.75, 3.05) is 0 Å². The van der Waals surface area contributed by atoms with Crippen molar-refractivity contribution in [1.29, 1.82) is 0 Å². The zero-order valence-corrected chi connectivity index (χ0v) is 11.6. The van der Waals surface area contributed by atoms with Crippen LogP contribution >= 0.6 is 0 Å². The van der Waals surface area contributed by atoms with Gasteiger partial charge in [-0.3, -0.25) is 0 Å². The van der Waals surface area contributed by atoms with Crippen molar-refractivity contribution in [2.24, 2.45) is 5.73 Å². The zero-order chi connectivity index (χ0) is 12.7. The highest BCUT2D eigenvalue weighted by Crippen LogP contribution is 2.16. The van der Waals surface area contributed by atoms with Gasteiger partial charge in [-0.25, -0.2) is 0 Å². The zero-order valence-electron chi connectivity index (χ0n) is 11.6. The lowest BCUT2D eigenvalue weighted by Crippen LogP contribution is -2.23. The molecule has 1 atom stereocenters. The van der Waals surface area contributed by atoms with Gasteiger partial charge in [0.05, 0.1) is 0 Å². The molecule has 1 unspecified atom stereocenters. The Labute approximate surface area is 106 Å². The number of benzene rings is 1. The van der Waals surface area contributed by atoms with E-state index in [0.29, 0.717) is 6.04 Å². The van der Waals surface area contributed by atoms with Crippen LogP contribution in [0.5, 0.6) is 0 Å². The van der Waals surface area contributed by atoms with E-state index in [1.807, 2.05) is 0 Å². The Morgan fingerprint density at radius 1 is 1.06 bits per heavy atom. The summed E-state index contributed by atoms with van der Waals surface area (Å²) in [6, 6.07) is 6.82. The van der Waals surface area contributed by atoms with E-state index < -0.39 is 0 Å². The minimum atomic E-state index is 0.326. The second-order valence-electron chi connectivity index (χ2n) is 5.18. The fourth-order valence-electron chi connectivity index (χ4n) is 2.37. The van der Waals surface area contributed by atoms with Crippen LogP contribution in [0.15, 0.2) is 18.2 Å². The fourth-order valence-corrected chi connectivity index (χ4v) is 2.37. The largest absolute Gasteiger partial charge is 0.327 e. The summed E-state index contributed by atoms with van der Waals surface area (Å²) >= 11 is 0. The molecule has 96 valence electrons. The highest BCUT2D eigenvalue weighted by molar-refractivity contribution is 5.34. The lowest BCUT2D eigenvalue weighted by atomic mass is 9.94. The molecular weight excluding hydrogens is 206 g/mol. The number of hydrogen-bond donors (Lipinski definition) is 1. The summed E-state index contributed by atoms with van der Waals surface area (Å²) in [7, 11) is 0. The van der Waals surface area contributed by atoms with Gasteiger partial charge in [0.1, 0.15) is 0 Å². The summed E-state index contributed by atoms with van der Waals surface area (Å²) in [4.78, 5) is 0. The summed E-state index contributed by atoms with van der Waals surface area (Å²) in [6.07, 6.45) is 7.44. The van der Waals surface area contributed by atoms with Gasteiger partial charge in [0.15, 0.2) is 0 Å². The number of hydrogen-bond acceptors (Lipinski definition) is 1. The summed E-state index contributed by atoms with van der Waals surface area (Å²) in [5, 5.41) is 0. The van der Waals surface area contributed by atoms with Gasteiger partial charge in [-0.05, 0) is 43.4 Å². The molecule has 0 aliphatic rings. The first-order valence-corrected chi connectivity index (χ1v) is 6.95. The molecule has 1 aromatic rings. The average Bonchev–Trinajstić information content (AvgIpc) is 2.30. The van der Waals surface area contributed by atoms with Crippen LogP contribution < -0.4 is 5.73 Å². The van der Waals surface area contributed by atoms with Crippen molar-refractivity contribution in [1.82, 2.24) is 0 Å². The lowest BCUT2D eigenvalue weighted by molar-refractivity contribution is 0.544. The summed E-state index contributed by atoms with van der Waals surface area (Å²) in [5.74, 6) is 0. The van der Waals surface area contributed by atoms with Gasteiger partial charge >= 0.3 is 0 Å². The number of nitrogens with two attached hydrogens (primary N) is 1. The summed E-state index contributed by atoms with van der Waals surface area (Å²) in [6.45, 7) is 6.62. The van der Waals surface area contributed by atoms with E-state index in [0.717, 1.165) is 12.8 Å². The number of unbranched alkanes of at least 4 members (excludes halogenated alkanes) is 3. The standard InChI is InChI=1S/C16H27N/c1-4-5-6-7-11-15(17)12-16-13(2)9-8-10-14(16)3/h8-10,15H,4-7,11-12,17H2,1-3H3. The first kappa shape index (κ1) is 14.2. The maximum Gasteiger partial charge on any atom is 0.00795 e. The Balaban J connectivity index is 2.42. The molecule has 17 heavy (non-hydrogen) atoms. The summed E-state index contributed by atoms with van der Waals surface area (Å²) < 4.78 is 0. The van der Waals surface area contributed by atoms with Crippen molar-refractivity contribution >= 4 is 0 Å².